The minimum absolute atomic E-state index is 0.554. The summed E-state index contributed by atoms with van der Waals surface area (Å²) in [7, 11) is 0. The number of aromatic nitrogens is 3. The average Bonchev–Trinajstić information content (AvgIpc) is 3.89. The van der Waals surface area contributed by atoms with Crippen molar-refractivity contribution in [3.8, 4) is 45.3 Å². The summed E-state index contributed by atoms with van der Waals surface area (Å²) in [5, 5.41) is 6.06. The van der Waals surface area contributed by atoms with Crippen LogP contribution in [-0.2, 0) is 0 Å². The van der Waals surface area contributed by atoms with Crippen LogP contribution in [0.2, 0.25) is 0 Å². The number of benzene rings is 7. The number of furan rings is 3. The first kappa shape index (κ1) is 27.9. The monoisotopic (exact) mass is 655 g/mol. The van der Waals surface area contributed by atoms with Crippen LogP contribution in [0.15, 0.2) is 165 Å². The van der Waals surface area contributed by atoms with Crippen LogP contribution in [0, 0.1) is 0 Å². The predicted molar refractivity (Wildman–Crippen MR) is 203 cm³/mol. The molecule has 6 nitrogen and oxygen atoms in total. The van der Waals surface area contributed by atoms with Gasteiger partial charge in [0.1, 0.15) is 33.5 Å². The normalized spacial score (nSPS) is 11.9. The van der Waals surface area contributed by atoms with Gasteiger partial charge in [-0.05, 0) is 47.5 Å². The quantitative estimate of drug-likeness (QED) is 0.188. The molecule has 0 fully saturated rings. The summed E-state index contributed by atoms with van der Waals surface area (Å²) in [5.41, 5.74) is 9.58. The van der Waals surface area contributed by atoms with Crippen LogP contribution in [-0.4, -0.2) is 15.0 Å². The van der Waals surface area contributed by atoms with Crippen molar-refractivity contribution in [2.45, 2.75) is 0 Å². The fourth-order valence-electron chi connectivity index (χ4n) is 7.57. The highest BCUT2D eigenvalue weighted by Crippen LogP contribution is 2.45. The van der Waals surface area contributed by atoms with E-state index in [1.165, 1.54) is 0 Å². The Morgan fingerprint density at radius 3 is 1.24 bits per heavy atom. The highest BCUT2D eigenvalue weighted by Gasteiger charge is 2.23. The van der Waals surface area contributed by atoms with Gasteiger partial charge in [0.15, 0.2) is 17.5 Å². The smallest absolute Gasteiger partial charge is 0.164 e. The van der Waals surface area contributed by atoms with E-state index in [4.69, 9.17) is 28.2 Å². The van der Waals surface area contributed by atoms with Crippen LogP contribution >= 0.6 is 0 Å². The van der Waals surface area contributed by atoms with Gasteiger partial charge in [-0.15, -0.1) is 0 Å². The van der Waals surface area contributed by atoms with Crippen LogP contribution in [0.1, 0.15) is 0 Å². The molecule has 0 radical (unpaired) electrons. The van der Waals surface area contributed by atoms with E-state index in [0.29, 0.717) is 17.5 Å². The van der Waals surface area contributed by atoms with E-state index in [9.17, 15) is 0 Å². The van der Waals surface area contributed by atoms with E-state index < -0.39 is 0 Å². The molecule has 238 valence electrons. The molecule has 0 amide bonds. The number of para-hydroxylation sites is 2. The summed E-state index contributed by atoms with van der Waals surface area (Å²) >= 11 is 0. The van der Waals surface area contributed by atoms with Gasteiger partial charge in [0.2, 0.25) is 0 Å². The zero-order valence-corrected chi connectivity index (χ0v) is 27.0. The first-order valence-electron chi connectivity index (χ1n) is 16.9. The molecule has 51 heavy (non-hydrogen) atoms. The summed E-state index contributed by atoms with van der Waals surface area (Å²) in [4.78, 5) is 15.5. The summed E-state index contributed by atoms with van der Waals surface area (Å²) in [6.07, 6.45) is 0. The number of hydrogen-bond donors (Lipinski definition) is 0. The molecule has 0 saturated carbocycles. The lowest BCUT2D eigenvalue weighted by atomic mass is 9.94. The molecule has 0 aliphatic rings. The molecule has 0 aliphatic heterocycles. The third-order valence-corrected chi connectivity index (χ3v) is 9.77. The van der Waals surface area contributed by atoms with Gasteiger partial charge in [-0.3, -0.25) is 0 Å². The lowest BCUT2D eigenvalue weighted by Gasteiger charge is -2.11. The first-order valence-corrected chi connectivity index (χ1v) is 16.9. The molecule has 4 aromatic heterocycles. The van der Waals surface area contributed by atoms with E-state index in [2.05, 4.69) is 42.5 Å². The lowest BCUT2D eigenvalue weighted by molar-refractivity contribution is 0.668. The van der Waals surface area contributed by atoms with E-state index in [1.807, 2.05) is 109 Å². The Morgan fingerprint density at radius 1 is 0.275 bits per heavy atom. The Hall–Kier alpha value is -7.05. The zero-order valence-electron chi connectivity index (χ0n) is 27.0. The molecular weight excluding hydrogens is 631 g/mol. The number of rotatable bonds is 4. The van der Waals surface area contributed by atoms with Gasteiger partial charge in [0.05, 0.1) is 0 Å². The molecule has 11 rings (SSSR count). The maximum Gasteiger partial charge on any atom is 0.164 e. The summed E-state index contributed by atoms with van der Waals surface area (Å²) < 4.78 is 19.1. The van der Waals surface area contributed by atoms with Gasteiger partial charge >= 0.3 is 0 Å². The fraction of sp³-hybridized carbons (Fsp3) is 0. The van der Waals surface area contributed by atoms with E-state index in [0.717, 1.165) is 93.6 Å². The summed E-state index contributed by atoms with van der Waals surface area (Å²) in [6.45, 7) is 0. The van der Waals surface area contributed by atoms with Crippen LogP contribution in [0.5, 0.6) is 0 Å². The van der Waals surface area contributed by atoms with E-state index in [1.54, 1.807) is 0 Å². The van der Waals surface area contributed by atoms with Crippen molar-refractivity contribution in [1.82, 2.24) is 15.0 Å². The molecule has 0 N–H and O–H groups in total. The average molecular weight is 656 g/mol. The number of fused-ring (bicyclic) bond motifs is 9. The topological polar surface area (TPSA) is 78.1 Å². The summed E-state index contributed by atoms with van der Waals surface area (Å²) in [5.74, 6) is 1.70. The molecule has 6 heteroatoms. The van der Waals surface area contributed by atoms with Crippen molar-refractivity contribution in [3.05, 3.63) is 152 Å². The highest BCUT2D eigenvalue weighted by molar-refractivity contribution is 6.22. The Labute approximate surface area is 290 Å². The summed E-state index contributed by atoms with van der Waals surface area (Å²) in [6, 6.07) is 50.9. The zero-order chi connectivity index (χ0) is 33.5. The Balaban J connectivity index is 1.22. The largest absolute Gasteiger partial charge is 0.456 e. The van der Waals surface area contributed by atoms with Crippen LogP contribution in [0.3, 0.4) is 0 Å². The third-order valence-electron chi connectivity index (χ3n) is 9.77. The molecule has 0 bridgehead atoms. The molecule has 0 saturated heterocycles. The van der Waals surface area contributed by atoms with Crippen LogP contribution in [0.25, 0.3) is 111 Å². The molecular formula is C45H25N3O3. The fourth-order valence-corrected chi connectivity index (χ4v) is 7.57. The predicted octanol–water partition coefficient (Wildman–Crippen LogP) is 12.2. The van der Waals surface area contributed by atoms with Gasteiger partial charge in [-0.1, -0.05) is 115 Å². The lowest BCUT2D eigenvalue weighted by Crippen LogP contribution is -2.00. The van der Waals surface area contributed by atoms with E-state index in [-0.39, 0.29) is 0 Å². The van der Waals surface area contributed by atoms with Crippen molar-refractivity contribution in [3.63, 3.8) is 0 Å². The third kappa shape index (κ3) is 4.20. The minimum Gasteiger partial charge on any atom is -0.456 e. The second-order valence-corrected chi connectivity index (χ2v) is 12.7. The molecule has 11 aromatic rings. The number of nitrogens with zero attached hydrogens (tertiary/aromatic N) is 3. The molecule has 4 heterocycles. The van der Waals surface area contributed by atoms with Crippen molar-refractivity contribution >= 4 is 65.8 Å². The van der Waals surface area contributed by atoms with Crippen LogP contribution < -0.4 is 0 Å². The van der Waals surface area contributed by atoms with Crippen molar-refractivity contribution in [2.75, 3.05) is 0 Å². The first-order chi connectivity index (χ1) is 25.3. The number of hydrogen-bond acceptors (Lipinski definition) is 6. The van der Waals surface area contributed by atoms with Crippen molar-refractivity contribution < 1.29 is 13.3 Å². The maximum absolute atomic E-state index is 6.58. The van der Waals surface area contributed by atoms with Crippen molar-refractivity contribution in [2.24, 2.45) is 0 Å². The SMILES string of the molecule is c1ccc(-c2nc(-c3cccc4oc5ccccc5c34)nc(-c3cccc4oc5cccc(-c6cccc7oc8ccccc8c67)c5c34)n2)cc1. The highest BCUT2D eigenvalue weighted by atomic mass is 16.3. The van der Waals surface area contributed by atoms with Crippen LogP contribution in [0.4, 0.5) is 0 Å². The Morgan fingerprint density at radius 2 is 0.647 bits per heavy atom. The van der Waals surface area contributed by atoms with Gasteiger partial charge in [-0.25, -0.2) is 15.0 Å². The molecule has 0 aliphatic carbocycles. The second-order valence-electron chi connectivity index (χ2n) is 12.7. The second kappa shape index (κ2) is 10.7. The molecule has 0 spiro atoms. The Bertz CT molecular complexity index is 3150. The van der Waals surface area contributed by atoms with Gasteiger partial charge in [0, 0.05) is 49.0 Å². The van der Waals surface area contributed by atoms with Gasteiger partial charge in [-0.2, -0.15) is 0 Å². The standard InChI is InChI=1S/C45H25N3O3/c1-2-12-26(13-3-1)43-46-44(31-18-10-23-36-40(31)30-15-5-7-21-34(30)50-36)48-45(47-43)32-19-11-25-38-42(32)41-28(17-9-24-37(41)51-38)27-16-8-22-35-39(27)29-14-4-6-20-33(29)49-35/h1-25H. The van der Waals surface area contributed by atoms with Gasteiger partial charge in [0.25, 0.3) is 0 Å². The maximum atomic E-state index is 6.58. The molecule has 0 atom stereocenters. The molecule has 7 aromatic carbocycles. The van der Waals surface area contributed by atoms with E-state index >= 15 is 0 Å². The molecule has 0 unspecified atom stereocenters. The van der Waals surface area contributed by atoms with Gasteiger partial charge < -0.3 is 13.3 Å². The van der Waals surface area contributed by atoms with Crippen molar-refractivity contribution in [1.29, 1.82) is 0 Å². The minimum atomic E-state index is 0.554. The Kier molecular flexibility index (Phi) is 5.86.